The number of benzene rings is 2. The number of unbranched alkanes of at least 4 members (excludes halogenated alkanes) is 1. The smallest absolute Gasteiger partial charge is 0.344 e. The van der Waals surface area contributed by atoms with Crippen molar-refractivity contribution in [2.75, 3.05) is 18.9 Å². The van der Waals surface area contributed by atoms with Gasteiger partial charge in [-0.25, -0.2) is 19.6 Å². The Balaban J connectivity index is 1.78. The number of hydrogen-bond acceptors (Lipinski definition) is 7. The minimum Gasteiger partial charge on any atom is -0.462 e. The first kappa shape index (κ1) is 24.2. The molecule has 0 spiro atoms. The van der Waals surface area contributed by atoms with E-state index >= 15 is 0 Å². The molecular weight excluding hydrogens is 444 g/mol. The number of aromatic nitrogens is 3. The fraction of sp³-hybridized carbons (Fsp3) is 0.333. The number of nitrogens with two attached hydrogens (primary N) is 1. The minimum atomic E-state index is -0.535. The van der Waals surface area contributed by atoms with Crippen molar-refractivity contribution in [1.29, 1.82) is 0 Å². The molecule has 2 aromatic heterocycles. The van der Waals surface area contributed by atoms with Gasteiger partial charge in [-0.15, -0.1) is 0 Å². The Kier molecular flexibility index (Phi) is 7.29. The molecule has 0 radical (unpaired) electrons. The second-order valence-electron chi connectivity index (χ2n) is 8.63. The molecule has 8 heteroatoms. The number of carbonyl (C=O) groups excluding carboxylic acids is 2. The molecule has 1 atom stereocenters. The van der Waals surface area contributed by atoms with E-state index in [0.717, 1.165) is 19.3 Å². The first-order valence-corrected chi connectivity index (χ1v) is 12.0. The zero-order valence-corrected chi connectivity index (χ0v) is 20.3. The lowest BCUT2D eigenvalue weighted by molar-refractivity contribution is 0.0449. The van der Waals surface area contributed by atoms with Crippen LogP contribution >= 0.6 is 0 Å². The fourth-order valence-electron chi connectivity index (χ4n) is 3.67. The van der Waals surface area contributed by atoms with Crippen LogP contribution in [0.2, 0.25) is 0 Å². The summed E-state index contributed by atoms with van der Waals surface area (Å²) in [4.78, 5) is 34.9. The molecule has 0 aliphatic rings. The highest BCUT2D eigenvalue weighted by Gasteiger charge is 2.26. The van der Waals surface area contributed by atoms with Gasteiger partial charge in [0.2, 0.25) is 0 Å². The van der Waals surface area contributed by atoms with Crippen molar-refractivity contribution >= 4 is 40.0 Å². The van der Waals surface area contributed by atoms with Gasteiger partial charge >= 0.3 is 11.9 Å². The molecule has 0 aliphatic carbocycles. The third kappa shape index (κ3) is 4.96. The van der Waals surface area contributed by atoms with Crippen LogP contribution in [0.15, 0.2) is 48.5 Å². The van der Waals surface area contributed by atoms with Crippen molar-refractivity contribution < 1.29 is 19.1 Å². The molecule has 0 bridgehead atoms. The van der Waals surface area contributed by atoms with E-state index in [1.54, 1.807) is 28.8 Å². The van der Waals surface area contributed by atoms with Crippen molar-refractivity contribution in [3.05, 3.63) is 59.7 Å². The van der Waals surface area contributed by atoms with E-state index in [9.17, 15) is 9.59 Å². The average Bonchev–Trinajstić information content (AvgIpc) is 3.16. The summed E-state index contributed by atoms with van der Waals surface area (Å²) in [6, 6.07) is 14.3. The number of esters is 2. The van der Waals surface area contributed by atoms with Crippen LogP contribution in [-0.4, -0.2) is 39.7 Å². The summed E-state index contributed by atoms with van der Waals surface area (Å²) < 4.78 is 12.5. The monoisotopic (exact) mass is 474 g/mol. The number of ether oxygens (including phenoxy) is 2. The van der Waals surface area contributed by atoms with Crippen LogP contribution in [0.3, 0.4) is 0 Å². The van der Waals surface area contributed by atoms with Crippen molar-refractivity contribution in [3.8, 4) is 5.69 Å². The van der Waals surface area contributed by atoms with Gasteiger partial charge in [-0.1, -0.05) is 45.7 Å². The molecule has 35 heavy (non-hydrogen) atoms. The van der Waals surface area contributed by atoms with Crippen molar-refractivity contribution in [3.63, 3.8) is 0 Å². The van der Waals surface area contributed by atoms with Crippen LogP contribution in [0.5, 0.6) is 0 Å². The molecule has 0 fully saturated rings. The highest BCUT2D eigenvalue weighted by atomic mass is 16.5. The molecule has 182 valence electrons. The van der Waals surface area contributed by atoms with Crippen LogP contribution in [0.1, 0.15) is 60.7 Å². The molecular formula is C27H30N4O4. The molecule has 0 saturated carbocycles. The maximum absolute atomic E-state index is 13.1. The van der Waals surface area contributed by atoms with Crippen LogP contribution in [0.4, 0.5) is 5.82 Å². The summed E-state index contributed by atoms with van der Waals surface area (Å²) in [6.45, 7) is 6.77. The summed E-state index contributed by atoms with van der Waals surface area (Å²) in [5.74, 6) is -0.504. The standard InChI is InChI=1S/C27H30N4O4/c1-4-6-15-34-26(32)18-11-13-19(14-12-18)31-24(28)22(27(33)35-16-17(3)5-2)23-25(31)30-21-10-8-7-9-20(21)29-23/h7-14,17H,4-6,15-16,28H2,1-3H3/t17-/m0/s1. The zero-order valence-electron chi connectivity index (χ0n) is 20.3. The van der Waals surface area contributed by atoms with Gasteiger partial charge in [0.1, 0.15) is 16.9 Å². The van der Waals surface area contributed by atoms with Crippen molar-refractivity contribution in [1.82, 2.24) is 14.5 Å². The van der Waals surface area contributed by atoms with E-state index < -0.39 is 5.97 Å². The third-order valence-electron chi connectivity index (χ3n) is 5.99. The number of nitrogen functional groups attached to an aromatic ring is 1. The van der Waals surface area contributed by atoms with Gasteiger partial charge in [-0.2, -0.15) is 0 Å². The minimum absolute atomic E-state index is 0.183. The van der Waals surface area contributed by atoms with Gasteiger partial charge in [0.25, 0.3) is 0 Å². The molecule has 8 nitrogen and oxygen atoms in total. The van der Waals surface area contributed by atoms with Crippen LogP contribution in [0, 0.1) is 5.92 Å². The number of carbonyl (C=O) groups is 2. The lowest BCUT2D eigenvalue weighted by Crippen LogP contribution is -2.13. The maximum Gasteiger partial charge on any atom is 0.344 e. The molecule has 0 saturated heterocycles. The van der Waals surface area contributed by atoms with Crippen molar-refractivity contribution in [2.45, 2.75) is 40.0 Å². The van der Waals surface area contributed by atoms with Gasteiger partial charge in [-0.05, 0) is 48.7 Å². The summed E-state index contributed by atoms with van der Waals surface area (Å²) in [7, 11) is 0. The number of para-hydroxylation sites is 2. The number of nitrogens with zero attached hydrogens (tertiary/aromatic N) is 3. The van der Waals surface area contributed by atoms with E-state index in [4.69, 9.17) is 25.2 Å². The van der Waals surface area contributed by atoms with E-state index in [1.165, 1.54) is 0 Å². The average molecular weight is 475 g/mol. The normalized spacial score (nSPS) is 12.1. The molecule has 4 aromatic rings. The Morgan fingerprint density at radius 2 is 1.66 bits per heavy atom. The fourth-order valence-corrected chi connectivity index (χ4v) is 3.67. The van der Waals surface area contributed by atoms with E-state index in [2.05, 4.69) is 0 Å². The molecule has 0 unspecified atom stereocenters. The van der Waals surface area contributed by atoms with Crippen LogP contribution in [0.25, 0.3) is 27.9 Å². The van der Waals surface area contributed by atoms with Gasteiger partial charge in [-0.3, -0.25) is 4.57 Å². The predicted molar refractivity (Wildman–Crippen MR) is 136 cm³/mol. The molecule has 2 N–H and O–H groups in total. The topological polar surface area (TPSA) is 109 Å². The lowest BCUT2D eigenvalue weighted by Gasteiger charge is -2.10. The predicted octanol–water partition coefficient (Wildman–Crippen LogP) is 5.32. The second-order valence-corrected chi connectivity index (χ2v) is 8.63. The molecule has 2 aromatic carbocycles. The summed E-state index contributed by atoms with van der Waals surface area (Å²) in [6.07, 6.45) is 2.66. The molecule has 0 aliphatic heterocycles. The van der Waals surface area contributed by atoms with Gasteiger partial charge in [0, 0.05) is 5.69 Å². The summed E-state index contributed by atoms with van der Waals surface area (Å²) in [5, 5.41) is 0. The summed E-state index contributed by atoms with van der Waals surface area (Å²) in [5.41, 5.74) is 9.92. The Hall–Kier alpha value is -3.94. The van der Waals surface area contributed by atoms with Crippen LogP contribution in [-0.2, 0) is 9.47 Å². The molecule has 4 rings (SSSR count). The lowest BCUT2D eigenvalue weighted by atomic mass is 10.1. The van der Waals surface area contributed by atoms with Crippen LogP contribution < -0.4 is 5.73 Å². The number of anilines is 1. The Labute approximate surface area is 204 Å². The number of rotatable bonds is 9. The Bertz CT molecular complexity index is 1360. The van der Waals surface area contributed by atoms with Crippen molar-refractivity contribution in [2.24, 2.45) is 5.92 Å². The quantitative estimate of drug-likeness (QED) is 0.258. The SMILES string of the molecule is CCCCOC(=O)c1ccc(-n2c(N)c(C(=O)OC[C@@H](C)CC)c3nc4ccccc4nc32)cc1. The van der Waals surface area contributed by atoms with Gasteiger partial charge in [0.05, 0.1) is 29.8 Å². The first-order chi connectivity index (χ1) is 16.9. The highest BCUT2D eigenvalue weighted by molar-refractivity contribution is 6.09. The number of fused-ring (bicyclic) bond motifs is 2. The number of hydrogen-bond donors (Lipinski definition) is 1. The largest absolute Gasteiger partial charge is 0.462 e. The highest BCUT2D eigenvalue weighted by Crippen LogP contribution is 2.31. The second kappa shape index (κ2) is 10.5. The molecule has 2 heterocycles. The Morgan fingerprint density at radius 3 is 2.31 bits per heavy atom. The van der Waals surface area contributed by atoms with Gasteiger partial charge < -0.3 is 15.2 Å². The van der Waals surface area contributed by atoms with Gasteiger partial charge in [0.15, 0.2) is 5.65 Å². The maximum atomic E-state index is 13.1. The van der Waals surface area contributed by atoms with E-state index in [-0.39, 0.29) is 29.9 Å². The third-order valence-corrected chi connectivity index (χ3v) is 5.99. The van der Waals surface area contributed by atoms with E-state index in [1.807, 2.05) is 45.0 Å². The Morgan fingerprint density at radius 1 is 0.971 bits per heavy atom. The van der Waals surface area contributed by atoms with E-state index in [0.29, 0.717) is 40.1 Å². The molecule has 0 amide bonds. The zero-order chi connectivity index (χ0) is 24.9. The first-order valence-electron chi connectivity index (χ1n) is 12.0. The summed E-state index contributed by atoms with van der Waals surface area (Å²) >= 11 is 0.